The van der Waals surface area contributed by atoms with Crippen LogP contribution < -0.4 is 11.5 Å². The third-order valence-corrected chi connectivity index (χ3v) is 2.82. The predicted molar refractivity (Wildman–Crippen MR) is 69.2 cm³/mol. The van der Waals surface area contributed by atoms with Crippen LogP contribution in [0.5, 0.6) is 0 Å². The van der Waals surface area contributed by atoms with Gasteiger partial charge in [0.1, 0.15) is 0 Å². The van der Waals surface area contributed by atoms with Crippen LogP contribution in [0.1, 0.15) is 11.6 Å². The van der Waals surface area contributed by atoms with Gasteiger partial charge in [-0.15, -0.1) is 12.4 Å². The van der Waals surface area contributed by atoms with Gasteiger partial charge in [0.15, 0.2) is 0 Å². The van der Waals surface area contributed by atoms with E-state index in [0.717, 1.165) is 20.9 Å². The van der Waals surface area contributed by atoms with E-state index in [1.165, 1.54) is 0 Å². The van der Waals surface area contributed by atoms with E-state index in [-0.39, 0.29) is 18.4 Å². The standard InChI is InChI=1S/C10H12BrN3.ClH/c11-6-1-2-10-7(3-6)8(5-14-10)9(13)4-12;/h1-3,5,9,14H,4,12-13H2;1H/t9-;/m1./s1. The highest BCUT2D eigenvalue weighted by atomic mass is 79.9. The first-order valence-corrected chi connectivity index (χ1v) is 5.24. The van der Waals surface area contributed by atoms with Crippen LogP contribution in [-0.2, 0) is 0 Å². The van der Waals surface area contributed by atoms with Gasteiger partial charge in [-0.05, 0) is 23.8 Å². The zero-order valence-electron chi connectivity index (χ0n) is 8.03. The topological polar surface area (TPSA) is 67.8 Å². The molecule has 0 saturated heterocycles. The van der Waals surface area contributed by atoms with E-state index in [1.807, 2.05) is 18.3 Å². The number of nitrogens with two attached hydrogens (primary N) is 2. The lowest BCUT2D eigenvalue weighted by Crippen LogP contribution is -2.20. The monoisotopic (exact) mass is 289 g/mol. The molecule has 1 aromatic heterocycles. The zero-order valence-corrected chi connectivity index (χ0v) is 10.4. The Balaban J connectivity index is 0.00000112. The number of rotatable bonds is 2. The van der Waals surface area contributed by atoms with Crippen LogP contribution in [0.4, 0.5) is 0 Å². The number of halogens is 2. The fraction of sp³-hybridized carbons (Fsp3) is 0.200. The Kier molecular flexibility index (Phi) is 4.16. The van der Waals surface area contributed by atoms with E-state index in [1.54, 1.807) is 0 Å². The molecule has 0 spiro atoms. The van der Waals surface area contributed by atoms with Crippen LogP contribution in [-0.4, -0.2) is 11.5 Å². The zero-order chi connectivity index (χ0) is 10.1. The van der Waals surface area contributed by atoms with Crippen molar-refractivity contribution < 1.29 is 0 Å². The SMILES string of the molecule is Cl.NC[C@@H](N)c1c[nH]c2ccc(Br)cc12. The van der Waals surface area contributed by atoms with Crippen molar-refractivity contribution in [3.8, 4) is 0 Å². The summed E-state index contributed by atoms with van der Waals surface area (Å²) in [5.74, 6) is 0. The number of fused-ring (bicyclic) bond motifs is 1. The van der Waals surface area contributed by atoms with Gasteiger partial charge in [-0.1, -0.05) is 15.9 Å². The van der Waals surface area contributed by atoms with Crippen molar-refractivity contribution in [2.24, 2.45) is 11.5 Å². The Morgan fingerprint density at radius 1 is 1.40 bits per heavy atom. The van der Waals surface area contributed by atoms with Crippen molar-refractivity contribution in [2.45, 2.75) is 6.04 Å². The number of aromatic nitrogens is 1. The third-order valence-electron chi connectivity index (χ3n) is 2.33. The second kappa shape index (κ2) is 4.99. The minimum atomic E-state index is -0.0990. The number of nitrogens with one attached hydrogen (secondary N) is 1. The van der Waals surface area contributed by atoms with Crippen molar-refractivity contribution in [1.29, 1.82) is 0 Å². The van der Waals surface area contributed by atoms with Gasteiger partial charge in [-0.3, -0.25) is 0 Å². The summed E-state index contributed by atoms with van der Waals surface area (Å²) in [6.07, 6.45) is 1.93. The Hall–Kier alpha value is -0.550. The van der Waals surface area contributed by atoms with Crippen LogP contribution >= 0.6 is 28.3 Å². The first kappa shape index (κ1) is 12.5. The maximum absolute atomic E-state index is 5.89. The van der Waals surface area contributed by atoms with Crippen molar-refractivity contribution in [1.82, 2.24) is 4.98 Å². The molecule has 1 heterocycles. The maximum Gasteiger partial charge on any atom is 0.0458 e. The van der Waals surface area contributed by atoms with Gasteiger partial charge in [0.2, 0.25) is 0 Å². The van der Waals surface area contributed by atoms with E-state index < -0.39 is 0 Å². The molecule has 5 N–H and O–H groups in total. The molecule has 0 aliphatic carbocycles. The minimum Gasteiger partial charge on any atom is -0.361 e. The van der Waals surface area contributed by atoms with Gasteiger partial charge < -0.3 is 16.5 Å². The predicted octanol–water partition coefficient (Wildman–Crippen LogP) is 2.31. The first-order valence-electron chi connectivity index (χ1n) is 4.44. The molecule has 5 heteroatoms. The normalized spacial score (nSPS) is 12.5. The first-order chi connectivity index (χ1) is 6.72. The summed E-state index contributed by atoms with van der Waals surface area (Å²) in [5, 5.41) is 1.14. The Bertz CT molecular complexity index is 455. The largest absolute Gasteiger partial charge is 0.361 e. The van der Waals surface area contributed by atoms with E-state index in [0.29, 0.717) is 6.54 Å². The van der Waals surface area contributed by atoms with Crippen LogP contribution in [0.25, 0.3) is 10.9 Å². The number of aromatic amines is 1. The molecule has 0 aliphatic heterocycles. The summed E-state index contributed by atoms with van der Waals surface area (Å²) in [5.41, 5.74) is 13.6. The molecule has 1 aromatic carbocycles. The molecule has 82 valence electrons. The summed E-state index contributed by atoms with van der Waals surface area (Å²) in [7, 11) is 0. The number of hydrogen-bond acceptors (Lipinski definition) is 2. The molecule has 0 amide bonds. The highest BCUT2D eigenvalue weighted by Gasteiger charge is 2.09. The quantitative estimate of drug-likeness (QED) is 0.794. The molecule has 3 nitrogen and oxygen atoms in total. The van der Waals surface area contributed by atoms with Gasteiger partial charge in [0, 0.05) is 34.2 Å². The average Bonchev–Trinajstić information content (AvgIpc) is 2.59. The number of hydrogen-bond donors (Lipinski definition) is 3. The summed E-state index contributed by atoms with van der Waals surface area (Å²) < 4.78 is 1.05. The molecule has 0 aliphatic rings. The molecule has 2 rings (SSSR count). The second-order valence-corrected chi connectivity index (χ2v) is 4.19. The lowest BCUT2D eigenvalue weighted by atomic mass is 10.1. The van der Waals surface area contributed by atoms with Gasteiger partial charge in [0.05, 0.1) is 0 Å². The Labute approximate surface area is 103 Å². The van der Waals surface area contributed by atoms with E-state index in [9.17, 15) is 0 Å². The van der Waals surface area contributed by atoms with E-state index in [4.69, 9.17) is 11.5 Å². The van der Waals surface area contributed by atoms with Gasteiger partial charge in [-0.25, -0.2) is 0 Å². The average molecular weight is 291 g/mol. The van der Waals surface area contributed by atoms with Gasteiger partial charge in [0.25, 0.3) is 0 Å². The minimum absolute atomic E-state index is 0. The van der Waals surface area contributed by atoms with E-state index >= 15 is 0 Å². The second-order valence-electron chi connectivity index (χ2n) is 3.28. The molecule has 15 heavy (non-hydrogen) atoms. The lowest BCUT2D eigenvalue weighted by molar-refractivity contribution is 0.743. The van der Waals surface area contributed by atoms with Crippen LogP contribution in [0.3, 0.4) is 0 Å². The number of benzene rings is 1. The molecule has 2 aromatic rings. The van der Waals surface area contributed by atoms with Crippen molar-refractivity contribution in [2.75, 3.05) is 6.54 Å². The fourth-order valence-corrected chi connectivity index (χ4v) is 1.91. The van der Waals surface area contributed by atoms with Crippen LogP contribution in [0.15, 0.2) is 28.9 Å². The van der Waals surface area contributed by atoms with Crippen molar-refractivity contribution in [3.05, 3.63) is 34.4 Å². The maximum atomic E-state index is 5.89. The Morgan fingerprint density at radius 2 is 2.13 bits per heavy atom. The van der Waals surface area contributed by atoms with Crippen LogP contribution in [0, 0.1) is 0 Å². The molecule has 0 radical (unpaired) electrons. The van der Waals surface area contributed by atoms with Crippen molar-refractivity contribution >= 4 is 39.2 Å². The van der Waals surface area contributed by atoms with Gasteiger partial charge >= 0.3 is 0 Å². The third kappa shape index (κ3) is 2.34. The molecule has 0 fully saturated rings. The molecule has 0 unspecified atom stereocenters. The summed E-state index contributed by atoms with van der Waals surface area (Å²) in [6.45, 7) is 0.458. The lowest BCUT2D eigenvalue weighted by Gasteiger charge is -2.06. The number of H-pyrrole nitrogens is 1. The van der Waals surface area contributed by atoms with Crippen molar-refractivity contribution in [3.63, 3.8) is 0 Å². The molecular formula is C10H13BrClN3. The fourth-order valence-electron chi connectivity index (χ4n) is 1.55. The smallest absolute Gasteiger partial charge is 0.0458 e. The van der Waals surface area contributed by atoms with Crippen LogP contribution in [0.2, 0.25) is 0 Å². The molecular weight excluding hydrogens is 277 g/mol. The van der Waals surface area contributed by atoms with E-state index in [2.05, 4.69) is 27.0 Å². The highest BCUT2D eigenvalue weighted by molar-refractivity contribution is 9.10. The summed E-state index contributed by atoms with van der Waals surface area (Å²) >= 11 is 3.44. The summed E-state index contributed by atoms with van der Waals surface area (Å²) in [6, 6.07) is 5.97. The summed E-state index contributed by atoms with van der Waals surface area (Å²) in [4.78, 5) is 3.17. The highest BCUT2D eigenvalue weighted by Crippen LogP contribution is 2.25. The molecule has 0 saturated carbocycles. The molecule has 0 bridgehead atoms. The Morgan fingerprint density at radius 3 is 2.80 bits per heavy atom. The van der Waals surface area contributed by atoms with Gasteiger partial charge in [-0.2, -0.15) is 0 Å². The molecule has 1 atom stereocenters.